The SMILES string of the molecule is CC(=O)O[C@H](CC(=O)[O-])C[N+](C)(C)C.Cl.N[C@@H](Cc1c[nH]c2ccccc12)C(=O)O. The van der Waals surface area contributed by atoms with Crippen LogP contribution in [-0.4, -0.2) is 72.3 Å². The molecular formula is C20H30ClN3O6. The number of fused-ring (bicyclic) bond motifs is 1. The van der Waals surface area contributed by atoms with Crippen molar-refractivity contribution in [3.05, 3.63) is 36.0 Å². The summed E-state index contributed by atoms with van der Waals surface area (Å²) in [4.78, 5) is 34.8. The van der Waals surface area contributed by atoms with E-state index in [0.29, 0.717) is 17.4 Å². The predicted octanol–water partition coefficient (Wildman–Crippen LogP) is 0.308. The van der Waals surface area contributed by atoms with Gasteiger partial charge in [0.25, 0.3) is 0 Å². The molecule has 0 amide bonds. The minimum Gasteiger partial charge on any atom is -0.550 e. The number of quaternary nitrogens is 1. The highest BCUT2D eigenvalue weighted by molar-refractivity contribution is 5.85. The fourth-order valence-corrected chi connectivity index (χ4v) is 2.80. The van der Waals surface area contributed by atoms with Crippen molar-refractivity contribution in [2.24, 2.45) is 5.73 Å². The first-order valence-electron chi connectivity index (χ1n) is 9.10. The van der Waals surface area contributed by atoms with Gasteiger partial charge in [0.15, 0.2) is 6.10 Å². The Morgan fingerprint density at radius 1 is 1.23 bits per heavy atom. The standard InChI is InChI=1S/C11H12N2O2.C9H17NO4.ClH/c12-9(11(14)15)5-7-6-13-10-4-2-1-3-8(7)10;1-7(11)14-8(5-9(12)13)6-10(2,3)4;/h1-4,6,9,13H,5,12H2,(H,14,15);8H,5-6H2,1-4H3;1H/t9-;8-;/m01./s1. The van der Waals surface area contributed by atoms with Crippen molar-refractivity contribution < 1.29 is 33.8 Å². The summed E-state index contributed by atoms with van der Waals surface area (Å²) in [5, 5.41) is 20.1. The number of hydrogen-bond donors (Lipinski definition) is 3. The number of aromatic amines is 1. The summed E-state index contributed by atoms with van der Waals surface area (Å²) < 4.78 is 5.39. The zero-order valence-electron chi connectivity index (χ0n) is 17.6. The van der Waals surface area contributed by atoms with Crippen LogP contribution in [0.3, 0.4) is 0 Å². The summed E-state index contributed by atoms with van der Waals surface area (Å²) in [6.45, 7) is 1.71. The number of rotatable bonds is 8. The van der Waals surface area contributed by atoms with Crippen LogP contribution in [0, 0.1) is 0 Å². The Kier molecular flexibility index (Phi) is 11.1. The number of halogens is 1. The number of nitrogens with one attached hydrogen (secondary N) is 1. The molecule has 1 heterocycles. The van der Waals surface area contributed by atoms with Crippen molar-refractivity contribution in [3.8, 4) is 0 Å². The molecule has 0 saturated carbocycles. The van der Waals surface area contributed by atoms with Crippen LogP contribution in [-0.2, 0) is 25.5 Å². The first-order valence-corrected chi connectivity index (χ1v) is 9.10. The van der Waals surface area contributed by atoms with E-state index in [1.54, 1.807) is 0 Å². The zero-order chi connectivity index (χ0) is 22.2. The van der Waals surface area contributed by atoms with E-state index in [0.717, 1.165) is 16.5 Å². The van der Waals surface area contributed by atoms with Gasteiger partial charge in [-0.1, -0.05) is 18.2 Å². The number of carbonyl (C=O) groups is 3. The Morgan fingerprint density at radius 2 is 1.83 bits per heavy atom. The number of nitrogens with two attached hydrogens (primary N) is 1. The second kappa shape index (κ2) is 12.2. The number of esters is 1. The van der Waals surface area contributed by atoms with Crippen molar-refractivity contribution in [2.75, 3.05) is 27.7 Å². The number of ether oxygens (including phenoxy) is 1. The molecule has 0 unspecified atom stereocenters. The van der Waals surface area contributed by atoms with Crippen LogP contribution >= 0.6 is 12.4 Å². The zero-order valence-corrected chi connectivity index (χ0v) is 18.4. The third kappa shape index (κ3) is 10.2. The maximum absolute atomic E-state index is 10.7. The molecule has 30 heavy (non-hydrogen) atoms. The highest BCUT2D eigenvalue weighted by Crippen LogP contribution is 2.18. The lowest BCUT2D eigenvalue weighted by Gasteiger charge is -2.28. The van der Waals surface area contributed by atoms with Crippen LogP contribution in [0.4, 0.5) is 0 Å². The molecule has 9 nitrogen and oxygen atoms in total. The molecule has 4 N–H and O–H groups in total. The number of likely N-dealkylation sites (N-methyl/N-ethyl adjacent to an activating group) is 1. The molecule has 2 rings (SSSR count). The van der Waals surface area contributed by atoms with Crippen molar-refractivity contribution in [1.29, 1.82) is 0 Å². The Morgan fingerprint density at radius 3 is 2.33 bits per heavy atom. The van der Waals surface area contributed by atoms with Crippen LogP contribution in [0.1, 0.15) is 18.9 Å². The van der Waals surface area contributed by atoms with Crippen molar-refractivity contribution >= 4 is 41.2 Å². The largest absolute Gasteiger partial charge is 0.550 e. The van der Waals surface area contributed by atoms with Crippen LogP contribution in [0.2, 0.25) is 0 Å². The quantitative estimate of drug-likeness (QED) is 0.393. The average molecular weight is 444 g/mol. The van der Waals surface area contributed by atoms with Gasteiger partial charge in [0, 0.05) is 42.8 Å². The normalized spacial score (nSPS) is 12.7. The Labute approximate surface area is 181 Å². The van der Waals surface area contributed by atoms with Crippen LogP contribution in [0.15, 0.2) is 30.5 Å². The van der Waals surface area contributed by atoms with E-state index < -0.39 is 30.1 Å². The molecular weight excluding hydrogens is 414 g/mol. The number of carboxylic acid groups (broad SMARTS) is 2. The third-order valence-corrected chi connectivity index (χ3v) is 3.91. The molecule has 2 atom stereocenters. The number of nitrogens with zero attached hydrogens (tertiary/aromatic N) is 1. The molecule has 1 aromatic heterocycles. The highest BCUT2D eigenvalue weighted by atomic mass is 35.5. The second-order valence-corrected chi connectivity index (χ2v) is 7.79. The van der Waals surface area contributed by atoms with Gasteiger partial charge in [-0.2, -0.15) is 0 Å². The van der Waals surface area contributed by atoms with Gasteiger partial charge in [0.1, 0.15) is 12.6 Å². The van der Waals surface area contributed by atoms with Gasteiger partial charge >= 0.3 is 11.9 Å². The number of aliphatic carboxylic acids is 2. The molecule has 168 valence electrons. The first-order chi connectivity index (χ1) is 13.4. The molecule has 1 aromatic carbocycles. The molecule has 0 aliphatic heterocycles. The van der Waals surface area contributed by atoms with Gasteiger partial charge in [-0.3, -0.25) is 9.59 Å². The Balaban J connectivity index is 0.000000545. The molecule has 0 bridgehead atoms. The Hall–Kier alpha value is -2.62. The van der Waals surface area contributed by atoms with Gasteiger partial charge in [-0.05, 0) is 11.6 Å². The fraction of sp³-hybridized carbons (Fsp3) is 0.450. The van der Waals surface area contributed by atoms with E-state index in [2.05, 4.69) is 4.98 Å². The minimum absolute atomic E-state index is 0. The predicted molar refractivity (Wildman–Crippen MR) is 113 cm³/mol. The maximum atomic E-state index is 10.7. The topological polar surface area (TPSA) is 146 Å². The lowest BCUT2D eigenvalue weighted by molar-refractivity contribution is -0.873. The molecule has 0 fully saturated rings. The third-order valence-electron chi connectivity index (χ3n) is 3.91. The number of hydrogen-bond acceptors (Lipinski definition) is 6. The van der Waals surface area contributed by atoms with Gasteiger partial charge < -0.3 is 34.9 Å². The fourth-order valence-electron chi connectivity index (χ4n) is 2.80. The van der Waals surface area contributed by atoms with E-state index >= 15 is 0 Å². The van der Waals surface area contributed by atoms with Crippen LogP contribution < -0.4 is 10.8 Å². The summed E-state index contributed by atoms with van der Waals surface area (Å²) in [5.74, 6) is -2.64. The first kappa shape index (κ1) is 27.4. The van der Waals surface area contributed by atoms with Gasteiger partial charge in [-0.15, -0.1) is 12.4 Å². The molecule has 2 aromatic rings. The van der Waals surface area contributed by atoms with E-state index in [1.807, 2.05) is 51.6 Å². The molecule has 0 spiro atoms. The van der Waals surface area contributed by atoms with Crippen LogP contribution in [0.5, 0.6) is 0 Å². The van der Waals surface area contributed by atoms with Crippen molar-refractivity contribution in [2.45, 2.75) is 31.9 Å². The summed E-state index contributed by atoms with van der Waals surface area (Å²) in [6, 6.07) is 6.91. The highest BCUT2D eigenvalue weighted by Gasteiger charge is 2.20. The lowest BCUT2D eigenvalue weighted by Crippen LogP contribution is -2.45. The maximum Gasteiger partial charge on any atom is 0.320 e. The second-order valence-electron chi connectivity index (χ2n) is 7.79. The number of benzene rings is 1. The number of carbonyl (C=O) groups excluding carboxylic acids is 2. The minimum atomic E-state index is -1.20. The lowest BCUT2D eigenvalue weighted by atomic mass is 10.1. The number of aromatic nitrogens is 1. The summed E-state index contributed by atoms with van der Waals surface area (Å²) in [6.07, 6.45) is 1.29. The Bertz CT molecular complexity index is 830. The number of carboxylic acids is 2. The van der Waals surface area contributed by atoms with Crippen LogP contribution in [0.25, 0.3) is 10.9 Å². The number of H-pyrrole nitrogens is 1. The van der Waals surface area contributed by atoms with E-state index in [4.69, 9.17) is 15.6 Å². The smallest absolute Gasteiger partial charge is 0.320 e. The molecule has 0 radical (unpaired) electrons. The van der Waals surface area contributed by atoms with Crippen molar-refractivity contribution in [3.63, 3.8) is 0 Å². The van der Waals surface area contributed by atoms with Gasteiger partial charge in [0.2, 0.25) is 0 Å². The van der Waals surface area contributed by atoms with Gasteiger partial charge in [0.05, 0.1) is 21.1 Å². The molecule has 10 heteroatoms. The van der Waals surface area contributed by atoms with E-state index in [1.165, 1.54) is 6.92 Å². The number of para-hydroxylation sites is 1. The van der Waals surface area contributed by atoms with Gasteiger partial charge in [-0.25, -0.2) is 0 Å². The average Bonchev–Trinajstić information content (AvgIpc) is 2.95. The van der Waals surface area contributed by atoms with E-state index in [9.17, 15) is 19.5 Å². The summed E-state index contributed by atoms with van der Waals surface area (Å²) in [7, 11) is 5.68. The van der Waals surface area contributed by atoms with Crippen molar-refractivity contribution in [1.82, 2.24) is 4.98 Å². The summed E-state index contributed by atoms with van der Waals surface area (Å²) in [5.41, 5.74) is 7.43. The molecule has 0 saturated heterocycles. The summed E-state index contributed by atoms with van der Waals surface area (Å²) >= 11 is 0. The monoisotopic (exact) mass is 443 g/mol. The van der Waals surface area contributed by atoms with E-state index in [-0.39, 0.29) is 18.8 Å². The molecule has 0 aliphatic rings. The molecule has 0 aliphatic carbocycles.